The molecule has 5 nitrogen and oxygen atoms in total. The molecule has 5 rings (SSSR count). The van der Waals surface area contributed by atoms with Crippen LogP contribution in [0.15, 0.2) is 42.5 Å². The van der Waals surface area contributed by atoms with Gasteiger partial charge in [-0.15, -0.1) is 0 Å². The van der Waals surface area contributed by atoms with Crippen molar-refractivity contribution >= 4 is 11.8 Å². The number of nitrogens with zero attached hydrogens (tertiary/aromatic N) is 2. The van der Waals surface area contributed by atoms with E-state index in [-0.39, 0.29) is 24.4 Å². The minimum atomic E-state index is -0.344. The van der Waals surface area contributed by atoms with Gasteiger partial charge in [-0.25, -0.2) is 0 Å². The Labute approximate surface area is 152 Å². The van der Waals surface area contributed by atoms with Crippen LogP contribution in [-0.2, 0) is 22.6 Å². The maximum atomic E-state index is 12.1. The summed E-state index contributed by atoms with van der Waals surface area (Å²) in [5.74, 6) is 0.00301. The van der Waals surface area contributed by atoms with Crippen molar-refractivity contribution in [2.24, 2.45) is 0 Å². The van der Waals surface area contributed by atoms with Crippen LogP contribution < -0.4 is 5.32 Å². The second-order valence-corrected chi connectivity index (χ2v) is 7.38. The van der Waals surface area contributed by atoms with Crippen LogP contribution in [0.4, 0.5) is 0 Å². The van der Waals surface area contributed by atoms with Crippen molar-refractivity contribution in [1.29, 1.82) is 0 Å². The summed E-state index contributed by atoms with van der Waals surface area (Å²) in [6.45, 7) is 3.01. The molecule has 1 atom stereocenters. The fraction of sp³-hybridized carbons (Fsp3) is 0.333. The third-order valence-electron chi connectivity index (χ3n) is 5.77. The van der Waals surface area contributed by atoms with Gasteiger partial charge in [-0.2, -0.15) is 0 Å². The van der Waals surface area contributed by atoms with Crippen molar-refractivity contribution in [1.82, 2.24) is 15.1 Å². The molecule has 26 heavy (non-hydrogen) atoms. The van der Waals surface area contributed by atoms with Crippen molar-refractivity contribution in [2.75, 3.05) is 26.2 Å². The van der Waals surface area contributed by atoms with Crippen LogP contribution in [0.3, 0.4) is 0 Å². The third kappa shape index (κ3) is 2.51. The van der Waals surface area contributed by atoms with Crippen LogP contribution in [0.5, 0.6) is 0 Å². The largest absolute Gasteiger partial charge is 0.345 e. The maximum Gasteiger partial charge on any atom is 0.244 e. The Bertz CT molecular complexity index is 908. The Hall–Kier alpha value is -2.66. The van der Waals surface area contributed by atoms with E-state index in [1.54, 1.807) is 4.90 Å². The third-order valence-corrected chi connectivity index (χ3v) is 5.77. The molecule has 0 saturated carbocycles. The summed E-state index contributed by atoms with van der Waals surface area (Å²) < 4.78 is 0. The van der Waals surface area contributed by atoms with E-state index >= 15 is 0 Å². The van der Waals surface area contributed by atoms with Crippen molar-refractivity contribution in [3.8, 4) is 11.1 Å². The van der Waals surface area contributed by atoms with E-state index < -0.39 is 0 Å². The fourth-order valence-electron chi connectivity index (χ4n) is 4.44. The van der Waals surface area contributed by atoms with Gasteiger partial charge in [0.15, 0.2) is 0 Å². The van der Waals surface area contributed by atoms with Crippen LogP contribution >= 0.6 is 0 Å². The van der Waals surface area contributed by atoms with Crippen molar-refractivity contribution in [3.05, 3.63) is 59.2 Å². The highest BCUT2D eigenvalue weighted by atomic mass is 16.2. The van der Waals surface area contributed by atoms with E-state index in [1.165, 1.54) is 27.8 Å². The van der Waals surface area contributed by atoms with E-state index in [2.05, 4.69) is 52.7 Å². The number of fused-ring (bicyclic) bond motifs is 4. The highest BCUT2D eigenvalue weighted by Gasteiger charge is 2.38. The first kappa shape index (κ1) is 15.6. The number of rotatable bonds is 2. The first-order chi connectivity index (χ1) is 12.7. The van der Waals surface area contributed by atoms with Crippen molar-refractivity contribution in [3.63, 3.8) is 0 Å². The summed E-state index contributed by atoms with van der Waals surface area (Å²) in [6.07, 6.45) is 0.993. The van der Waals surface area contributed by atoms with Crippen LogP contribution in [0, 0.1) is 0 Å². The molecule has 2 saturated heterocycles. The lowest BCUT2D eigenvalue weighted by molar-refractivity contribution is -0.149. The van der Waals surface area contributed by atoms with Gasteiger partial charge in [-0.3, -0.25) is 14.5 Å². The molecule has 5 heteroatoms. The molecule has 0 spiro atoms. The molecule has 132 valence electrons. The lowest BCUT2D eigenvalue weighted by Crippen LogP contribution is -2.65. The molecule has 0 radical (unpaired) electrons. The smallest absolute Gasteiger partial charge is 0.244 e. The summed E-state index contributed by atoms with van der Waals surface area (Å²) in [5, 5.41) is 2.70. The number of carbonyl (C=O) groups is 2. The van der Waals surface area contributed by atoms with Crippen LogP contribution in [0.2, 0.25) is 0 Å². The number of hydrogen-bond acceptors (Lipinski definition) is 3. The van der Waals surface area contributed by atoms with Crippen LogP contribution in [-0.4, -0.2) is 53.8 Å². The quantitative estimate of drug-likeness (QED) is 0.762. The minimum Gasteiger partial charge on any atom is -0.345 e. The molecular weight excluding hydrogens is 326 g/mol. The Morgan fingerprint density at radius 3 is 2.77 bits per heavy atom. The zero-order chi connectivity index (χ0) is 17.7. The summed E-state index contributed by atoms with van der Waals surface area (Å²) in [6, 6.07) is 15.0. The van der Waals surface area contributed by atoms with E-state index in [0.29, 0.717) is 13.1 Å². The monoisotopic (exact) mass is 347 g/mol. The van der Waals surface area contributed by atoms with Gasteiger partial charge in [0.05, 0.1) is 6.54 Å². The van der Waals surface area contributed by atoms with E-state index in [0.717, 1.165) is 19.5 Å². The summed E-state index contributed by atoms with van der Waals surface area (Å²) in [4.78, 5) is 28.1. The molecule has 2 fully saturated rings. The van der Waals surface area contributed by atoms with Gasteiger partial charge in [-0.05, 0) is 34.2 Å². The van der Waals surface area contributed by atoms with Gasteiger partial charge in [0.1, 0.15) is 6.04 Å². The summed E-state index contributed by atoms with van der Waals surface area (Å²) in [5.41, 5.74) is 6.73. The molecule has 0 bridgehead atoms. The zero-order valence-corrected chi connectivity index (χ0v) is 14.6. The molecule has 2 heterocycles. The van der Waals surface area contributed by atoms with E-state index in [1.807, 2.05) is 0 Å². The minimum absolute atomic E-state index is 0.0290. The average molecular weight is 347 g/mol. The standard InChI is InChI=1S/C21H21N3O2/c25-20-11-22-21(26)19-13-23(7-8-24(19)20)12-14-5-6-18-16(9-14)10-15-3-1-2-4-17(15)18/h1-6,9,19H,7-8,10-13H2,(H,22,26)/t19-/m1/s1. The van der Waals surface area contributed by atoms with Gasteiger partial charge >= 0.3 is 0 Å². The molecule has 2 aliphatic heterocycles. The molecule has 2 aromatic carbocycles. The van der Waals surface area contributed by atoms with Gasteiger partial charge in [0.25, 0.3) is 0 Å². The molecule has 1 aliphatic carbocycles. The number of nitrogens with one attached hydrogen (secondary N) is 1. The first-order valence-electron chi connectivity index (χ1n) is 9.19. The Kier molecular flexibility index (Phi) is 3.57. The molecule has 0 unspecified atom stereocenters. The highest BCUT2D eigenvalue weighted by Crippen LogP contribution is 2.36. The summed E-state index contributed by atoms with van der Waals surface area (Å²) in [7, 11) is 0. The number of piperazine rings is 2. The summed E-state index contributed by atoms with van der Waals surface area (Å²) >= 11 is 0. The SMILES string of the molecule is O=C1NCC(=O)N2CCN(Cc3ccc4c(c3)Cc3ccccc3-4)C[C@H]12. The molecule has 3 aliphatic rings. The maximum absolute atomic E-state index is 12.1. The lowest BCUT2D eigenvalue weighted by atomic mass is 10.0. The molecule has 1 N–H and O–H groups in total. The second-order valence-electron chi connectivity index (χ2n) is 7.38. The topological polar surface area (TPSA) is 52.7 Å². The fourth-order valence-corrected chi connectivity index (χ4v) is 4.44. The van der Waals surface area contributed by atoms with Gasteiger partial charge in [0, 0.05) is 26.2 Å². The first-order valence-corrected chi connectivity index (χ1v) is 9.19. The molecule has 0 aromatic heterocycles. The molecule has 2 amide bonds. The van der Waals surface area contributed by atoms with Crippen molar-refractivity contribution in [2.45, 2.75) is 19.0 Å². The van der Waals surface area contributed by atoms with E-state index in [9.17, 15) is 9.59 Å². The number of benzene rings is 2. The number of amides is 2. The Morgan fingerprint density at radius 1 is 1.00 bits per heavy atom. The number of hydrogen-bond donors (Lipinski definition) is 1. The van der Waals surface area contributed by atoms with Crippen LogP contribution in [0.1, 0.15) is 16.7 Å². The molecular formula is C21H21N3O2. The lowest BCUT2D eigenvalue weighted by Gasteiger charge is -2.43. The van der Waals surface area contributed by atoms with Crippen molar-refractivity contribution < 1.29 is 9.59 Å². The normalized spacial score (nSPS) is 21.8. The predicted octanol–water partition coefficient (Wildman–Crippen LogP) is 1.40. The zero-order valence-electron chi connectivity index (χ0n) is 14.6. The average Bonchev–Trinajstić information content (AvgIpc) is 3.02. The van der Waals surface area contributed by atoms with Crippen LogP contribution in [0.25, 0.3) is 11.1 Å². The van der Waals surface area contributed by atoms with Gasteiger partial charge < -0.3 is 10.2 Å². The second kappa shape index (κ2) is 5.95. The highest BCUT2D eigenvalue weighted by molar-refractivity contribution is 5.95. The van der Waals surface area contributed by atoms with E-state index in [4.69, 9.17) is 0 Å². The Morgan fingerprint density at radius 2 is 1.85 bits per heavy atom. The number of carbonyl (C=O) groups excluding carboxylic acids is 2. The molecule has 2 aromatic rings. The Balaban J connectivity index is 1.33. The van der Waals surface area contributed by atoms with Gasteiger partial charge in [-0.1, -0.05) is 42.5 Å². The predicted molar refractivity (Wildman–Crippen MR) is 98.5 cm³/mol. The van der Waals surface area contributed by atoms with Gasteiger partial charge in [0.2, 0.25) is 11.8 Å².